The van der Waals surface area contributed by atoms with E-state index in [1.54, 1.807) is 6.08 Å². The van der Waals surface area contributed by atoms with Crippen LogP contribution in [0.15, 0.2) is 42.0 Å². The highest BCUT2D eigenvalue weighted by Gasteiger charge is 2.27. The Kier molecular flexibility index (Phi) is 12.0. The van der Waals surface area contributed by atoms with Crippen LogP contribution in [0.25, 0.3) is 16.6 Å². The number of nitrogens with one attached hydrogen (secondary N) is 1. The van der Waals surface area contributed by atoms with E-state index in [0.717, 1.165) is 56.7 Å². The average Bonchev–Trinajstić information content (AvgIpc) is 3.52. The van der Waals surface area contributed by atoms with Gasteiger partial charge in [-0.2, -0.15) is 5.26 Å². The van der Waals surface area contributed by atoms with Crippen LogP contribution in [0.1, 0.15) is 70.7 Å². The molecule has 1 unspecified atom stereocenters. The number of pyridine rings is 1. The van der Waals surface area contributed by atoms with E-state index in [1.165, 1.54) is 30.6 Å². The molecule has 2 heterocycles. The minimum Gasteiger partial charge on any atom is -0.376 e. The van der Waals surface area contributed by atoms with Crippen molar-refractivity contribution in [2.24, 2.45) is 0 Å². The van der Waals surface area contributed by atoms with Gasteiger partial charge in [-0.1, -0.05) is 45.4 Å². The Hall–Kier alpha value is -2.28. The number of aromatic nitrogens is 2. The third-order valence-electron chi connectivity index (χ3n) is 5.97. The Bertz CT molecular complexity index is 1130. The predicted molar refractivity (Wildman–Crippen MR) is 153 cm³/mol. The molecule has 1 fully saturated rings. The third kappa shape index (κ3) is 7.15. The van der Waals surface area contributed by atoms with Crippen LogP contribution < -0.4 is 9.62 Å². The first-order chi connectivity index (χ1) is 17.3. The predicted octanol–water partition coefficient (Wildman–Crippen LogP) is 8.13. The fourth-order valence-corrected chi connectivity index (χ4v) is 5.90. The van der Waals surface area contributed by atoms with E-state index in [0.29, 0.717) is 11.6 Å². The smallest absolute Gasteiger partial charge is 0.254 e. The summed E-state index contributed by atoms with van der Waals surface area (Å²) in [5, 5.41) is 11.0. The van der Waals surface area contributed by atoms with Crippen molar-refractivity contribution < 1.29 is 8.78 Å². The maximum Gasteiger partial charge on any atom is 0.254 e. The van der Waals surface area contributed by atoms with E-state index >= 15 is 0 Å². The molecule has 3 rings (SSSR count). The molecular weight excluding hydrogens is 496 g/mol. The number of nitriles is 1. The molecule has 9 heteroatoms. The van der Waals surface area contributed by atoms with Crippen molar-refractivity contribution in [1.82, 2.24) is 14.3 Å². The molecule has 0 saturated heterocycles. The van der Waals surface area contributed by atoms with Crippen molar-refractivity contribution in [3.63, 3.8) is 0 Å². The summed E-state index contributed by atoms with van der Waals surface area (Å²) in [5.74, 6) is 0. The van der Waals surface area contributed by atoms with Crippen molar-refractivity contribution in [2.75, 3.05) is 19.0 Å². The quantitative estimate of drug-likeness (QED) is 0.189. The zero-order valence-electron chi connectivity index (χ0n) is 22.0. The van der Waals surface area contributed by atoms with Crippen LogP contribution in [-0.4, -0.2) is 36.1 Å². The van der Waals surface area contributed by atoms with Crippen molar-refractivity contribution in [3.8, 4) is 6.07 Å². The molecule has 2 aromatic rings. The van der Waals surface area contributed by atoms with E-state index in [4.69, 9.17) is 4.98 Å². The van der Waals surface area contributed by atoms with Crippen molar-refractivity contribution >= 4 is 44.1 Å². The number of hydrogen-bond acceptors (Lipinski definition) is 6. The summed E-state index contributed by atoms with van der Waals surface area (Å²) in [6.07, 6.45) is 9.48. The van der Waals surface area contributed by atoms with Gasteiger partial charge >= 0.3 is 0 Å². The molecular formula is C27H37F2N5S2. The number of nitrogens with zero attached hydrogens (tertiary/aromatic N) is 4. The van der Waals surface area contributed by atoms with Gasteiger partial charge in [-0.3, -0.25) is 0 Å². The first-order valence-corrected chi connectivity index (χ1v) is 14.4. The van der Waals surface area contributed by atoms with E-state index in [9.17, 15) is 14.0 Å². The van der Waals surface area contributed by atoms with Crippen molar-refractivity contribution in [3.05, 3.63) is 53.2 Å². The van der Waals surface area contributed by atoms with Crippen molar-refractivity contribution in [2.45, 2.75) is 71.9 Å². The number of hydrogen-bond donors (Lipinski definition) is 1. The van der Waals surface area contributed by atoms with E-state index in [-0.39, 0.29) is 0 Å². The van der Waals surface area contributed by atoms with Crippen LogP contribution in [0, 0.1) is 11.3 Å². The molecule has 1 saturated carbocycles. The number of allylic oxidation sites excluding steroid dienone is 4. The SMILES string of the molecule is C=C/C(=C\C=C(/C)c1c(C#N)c2cc(N(C)C)cnc2n1C1CCCC1)SSNC(C)C(F)F.CC. The van der Waals surface area contributed by atoms with Gasteiger partial charge in [-0.15, -0.1) is 0 Å². The van der Waals surface area contributed by atoms with Gasteiger partial charge in [0.05, 0.1) is 29.2 Å². The van der Waals surface area contributed by atoms with Gasteiger partial charge in [-0.25, -0.2) is 18.5 Å². The molecule has 1 atom stereocenters. The molecule has 2 aromatic heterocycles. The van der Waals surface area contributed by atoms with Gasteiger partial charge in [0, 0.05) is 30.4 Å². The minimum atomic E-state index is -2.42. The zero-order chi connectivity index (χ0) is 26.8. The van der Waals surface area contributed by atoms with E-state index < -0.39 is 12.5 Å². The van der Waals surface area contributed by atoms with Crippen LogP contribution >= 0.6 is 21.8 Å². The second kappa shape index (κ2) is 14.5. The molecule has 0 aromatic carbocycles. The first-order valence-electron chi connectivity index (χ1n) is 12.3. The number of anilines is 1. The lowest BCUT2D eigenvalue weighted by Crippen LogP contribution is -2.26. The number of fused-ring (bicyclic) bond motifs is 1. The molecule has 0 bridgehead atoms. The van der Waals surface area contributed by atoms with Gasteiger partial charge in [-0.05, 0) is 66.2 Å². The molecule has 1 N–H and O–H groups in total. The Labute approximate surface area is 222 Å². The molecule has 0 aliphatic heterocycles. The normalized spacial score (nSPS) is 15.6. The van der Waals surface area contributed by atoms with Crippen LogP contribution in [0.5, 0.6) is 0 Å². The Morgan fingerprint density at radius 2 is 1.97 bits per heavy atom. The molecule has 0 amide bonds. The van der Waals surface area contributed by atoms with Gasteiger partial charge in [0.2, 0.25) is 0 Å². The molecule has 0 radical (unpaired) electrons. The monoisotopic (exact) mass is 533 g/mol. The maximum absolute atomic E-state index is 12.7. The first kappa shape index (κ1) is 29.9. The minimum absolute atomic E-state index is 0.313. The highest BCUT2D eigenvalue weighted by molar-refractivity contribution is 8.77. The lowest BCUT2D eigenvalue weighted by molar-refractivity contribution is 0.118. The summed E-state index contributed by atoms with van der Waals surface area (Å²) in [6, 6.07) is 3.89. The summed E-state index contributed by atoms with van der Waals surface area (Å²) in [4.78, 5) is 7.59. The fourth-order valence-electron chi connectivity index (χ4n) is 4.05. The summed E-state index contributed by atoms with van der Waals surface area (Å²) < 4.78 is 30.4. The second-order valence-corrected chi connectivity index (χ2v) is 10.7. The zero-order valence-corrected chi connectivity index (χ0v) is 23.6. The second-order valence-electron chi connectivity index (χ2n) is 8.63. The standard InChI is InChI=1S/C25H31F2N5S2.C2H6/c1-6-20(33-34-30-17(3)24(26)27)12-11-16(2)23-22(14-28)21-13-19(31(4)5)15-29-25(21)32(23)18-9-7-8-10-18;1-2/h6,11-13,15,17-18,24,30H,1,7-10H2,2-5H3;1-2H3/b16-11+,20-12+;. The summed E-state index contributed by atoms with van der Waals surface area (Å²) in [7, 11) is 6.41. The molecule has 196 valence electrons. The van der Waals surface area contributed by atoms with E-state index in [2.05, 4.69) is 21.9 Å². The van der Waals surface area contributed by atoms with Gasteiger partial charge in [0.1, 0.15) is 11.7 Å². The highest BCUT2D eigenvalue weighted by atomic mass is 33.1. The van der Waals surface area contributed by atoms with Gasteiger partial charge in [0.15, 0.2) is 0 Å². The Morgan fingerprint density at radius 1 is 1.31 bits per heavy atom. The van der Waals surface area contributed by atoms with Crippen LogP contribution in [0.2, 0.25) is 0 Å². The van der Waals surface area contributed by atoms with Gasteiger partial charge in [0.25, 0.3) is 6.43 Å². The summed E-state index contributed by atoms with van der Waals surface area (Å²) >= 11 is 0. The summed E-state index contributed by atoms with van der Waals surface area (Å²) in [6.45, 7) is 11.3. The summed E-state index contributed by atoms with van der Waals surface area (Å²) in [5.41, 5.74) is 4.28. The van der Waals surface area contributed by atoms with E-state index in [1.807, 2.05) is 64.2 Å². The Morgan fingerprint density at radius 3 is 2.53 bits per heavy atom. The van der Waals surface area contributed by atoms with Crippen LogP contribution in [0.3, 0.4) is 0 Å². The van der Waals surface area contributed by atoms with Crippen LogP contribution in [-0.2, 0) is 0 Å². The maximum atomic E-state index is 12.7. The topological polar surface area (TPSA) is 56.9 Å². The molecule has 0 spiro atoms. The number of halogens is 2. The average molecular weight is 534 g/mol. The third-order valence-corrected chi connectivity index (χ3v) is 8.13. The molecule has 36 heavy (non-hydrogen) atoms. The Balaban J connectivity index is 0.00000222. The molecule has 1 aliphatic carbocycles. The lowest BCUT2D eigenvalue weighted by Gasteiger charge is -2.18. The lowest BCUT2D eigenvalue weighted by atomic mass is 10.1. The van der Waals surface area contributed by atoms with Gasteiger partial charge < -0.3 is 9.47 Å². The molecule has 5 nitrogen and oxygen atoms in total. The van der Waals surface area contributed by atoms with Crippen LogP contribution in [0.4, 0.5) is 14.5 Å². The highest BCUT2D eigenvalue weighted by Crippen LogP contribution is 2.40. The van der Waals surface area contributed by atoms with Crippen molar-refractivity contribution in [1.29, 1.82) is 5.26 Å². The number of alkyl halides is 2. The molecule has 1 aliphatic rings. The fraction of sp³-hybridized carbons (Fsp3) is 0.481. The number of rotatable bonds is 10. The largest absolute Gasteiger partial charge is 0.376 e.